The minimum absolute atomic E-state index is 0.191. The van der Waals surface area contributed by atoms with Crippen LogP contribution in [0.1, 0.15) is 21.5 Å². The average molecular weight is 372 g/mol. The lowest BCUT2D eigenvalue weighted by Gasteiger charge is -2.11. The topological polar surface area (TPSA) is 59.3 Å². The second-order valence-electron chi connectivity index (χ2n) is 5.38. The van der Waals surface area contributed by atoms with Gasteiger partial charge < -0.3 is 9.73 Å². The number of fused-ring (bicyclic) bond motifs is 1. The Balaban J connectivity index is 2.01. The molecular weight excluding hydrogens is 358 g/mol. The molecule has 0 aliphatic rings. The van der Waals surface area contributed by atoms with Gasteiger partial charge in [-0.2, -0.15) is 0 Å². The quantitative estimate of drug-likeness (QED) is 0.678. The minimum Gasteiger partial charge on any atom is -0.423 e. The van der Waals surface area contributed by atoms with Crippen molar-refractivity contribution in [3.8, 4) is 0 Å². The fourth-order valence-electron chi connectivity index (χ4n) is 2.43. The first-order valence-corrected chi connectivity index (χ1v) is 7.85. The number of hydrogen-bond acceptors (Lipinski definition) is 3. The molecule has 0 aliphatic heterocycles. The molecule has 2 aromatic carbocycles. The molecule has 0 aliphatic carbocycles. The van der Waals surface area contributed by atoms with Crippen molar-refractivity contribution < 1.29 is 9.21 Å². The van der Waals surface area contributed by atoms with Crippen molar-refractivity contribution >= 4 is 38.5 Å². The third-order valence-corrected chi connectivity index (χ3v) is 4.12. The lowest BCUT2D eigenvalue weighted by Crippen LogP contribution is -2.13. The fourth-order valence-corrected chi connectivity index (χ4v) is 2.82. The van der Waals surface area contributed by atoms with Gasteiger partial charge >= 0.3 is 5.63 Å². The van der Waals surface area contributed by atoms with Crippen LogP contribution in [0.4, 0.5) is 5.69 Å². The van der Waals surface area contributed by atoms with E-state index in [4.69, 9.17) is 4.42 Å². The number of hydrogen-bond donors (Lipinski definition) is 1. The van der Waals surface area contributed by atoms with Crippen LogP contribution < -0.4 is 10.9 Å². The minimum atomic E-state index is -0.375. The molecule has 4 nitrogen and oxygen atoms in total. The molecule has 3 rings (SSSR count). The molecule has 3 aromatic rings. The van der Waals surface area contributed by atoms with E-state index >= 15 is 0 Å². The highest BCUT2D eigenvalue weighted by atomic mass is 79.9. The van der Waals surface area contributed by atoms with Gasteiger partial charge in [0.1, 0.15) is 5.58 Å². The van der Waals surface area contributed by atoms with Gasteiger partial charge in [-0.3, -0.25) is 4.79 Å². The maximum absolute atomic E-state index is 12.4. The fraction of sp³-hybridized carbons (Fsp3) is 0.111. The second kappa shape index (κ2) is 6.01. The number of aryl methyl sites for hydroxylation is 2. The first kappa shape index (κ1) is 15.5. The maximum Gasteiger partial charge on any atom is 0.336 e. The molecule has 1 aromatic heterocycles. The van der Waals surface area contributed by atoms with Crippen LogP contribution in [-0.4, -0.2) is 5.91 Å². The van der Waals surface area contributed by atoms with Crippen molar-refractivity contribution in [3.05, 3.63) is 74.0 Å². The summed E-state index contributed by atoms with van der Waals surface area (Å²) in [5.41, 5.74) is 3.05. The van der Waals surface area contributed by atoms with Gasteiger partial charge in [-0.1, -0.05) is 22.0 Å². The van der Waals surface area contributed by atoms with Gasteiger partial charge in [0.2, 0.25) is 0 Å². The summed E-state index contributed by atoms with van der Waals surface area (Å²) in [5.74, 6) is -0.191. The van der Waals surface area contributed by atoms with Crippen LogP contribution in [0.15, 0.2) is 56.1 Å². The van der Waals surface area contributed by atoms with Crippen LogP contribution in [0.5, 0.6) is 0 Å². The predicted molar refractivity (Wildman–Crippen MR) is 94.1 cm³/mol. The molecule has 1 heterocycles. The summed E-state index contributed by atoms with van der Waals surface area (Å²) < 4.78 is 6.05. The Bertz CT molecular complexity index is 976. The molecule has 0 radical (unpaired) electrons. The first-order valence-electron chi connectivity index (χ1n) is 7.06. The van der Waals surface area contributed by atoms with Crippen LogP contribution in [0, 0.1) is 13.8 Å². The Morgan fingerprint density at radius 3 is 2.61 bits per heavy atom. The number of rotatable bonds is 2. The number of carbonyl (C=O) groups excluding carboxylic acids is 1. The van der Waals surface area contributed by atoms with Gasteiger partial charge in [0.15, 0.2) is 0 Å². The van der Waals surface area contributed by atoms with Crippen molar-refractivity contribution in [3.63, 3.8) is 0 Å². The molecule has 0 spiro atoms. The molecule has 5 heteroatoms. The number of anilines is 1. The van der Waals surface area contributed by atoms with Gasteiger partial charge in [0, 0.05) is 27.2 Å². The van der Waals surface area contributed by atoms with E-state index in [1.807, 2.05) is 32.0 Å². The zero-order valence-corrected chi connectivity index (χ0v) is 14.2. The zero-order valence-electron chi connectivity index (χ0n) is 12.6. The third-order valence-electron chi connectivity index (χ3n) is 3.63. The molecule has 0 saturated carbocycles. The Labute approximate surface area is 141 Å². The summed E-state index contributed by atoms with van der Waals surface area (Å²) in [5, 5.41) is 3.71. The molecular formula is C18H14BrNO3. The maximum atomic E-state index is 12.4. The van der Waals surface area contributed by atoms with E-state index in [1.165, 1.54) is 6.07 Å². The van der Waals surface area contributed by atoms with Gasteiger partial charge in [0.05, 0.1) is 0 Å². The van der Waals surface area contributed by atoms with Crippen LogP contribution in [0.3, 0.4) is 0 Å². The summed E-state index contributed by atoms with van der Waals surface area (Å²) in [6.45, 7) is 3.70. The third kappa shape index (κ3) is 3.19. The first-order chi connectivity index (χ1) is 10.9. The lowest BCUT2D eigenvalue weighted by molar-refractivity contribution is 0.102. The molecule has 1 amide bonds. The summed E-state index contributed by atoms with van der Waals surface area (Å²) in [7, 11) is 0. The van der Waals surface area contributed by atoms with Crippen LogP contribution in [0.2, 0.25) is 0 Å². The number of nitrogens with one attached hydrogen (secondary N) is 1. The van der Waals surface area contributed by atoms with E-state index < -0.39 is 0 Å². The van der Waals surface area contributed by atoms with Gasteiger partial charge in [-0.05, 0) is 55.3 Å². The van der Waals surface area contributed by atoms with Gasteiger partial charge in [-0.25, -0.2) is 4.79 Å². The number of halogens is 1. The van der Waals surface area contributed by atoms with Crippen molar-refractivity contribution in [1.82, 2.24) is 0 Å². The standard InChI is InChI=1S/C18H14BrNO3/c1-10-7-17(21)23-16-6-11(2)15(9-14(10)16)20-18(22)12-4-3-5-13(19)8-12/h3-9H,1-2H3,(H,20,22). The van der Waals surface area contributed by atoms with Gasteiger partial charge in [0.25, 0.3) is 5.91 Å². The zero-order chi connectivity index (χ0) is 16.6. The predicted octanol–water partition coefficient (Wildman–Crippen LogP) is 4.42. The summed E-state index contributed by atoms with van der Waals surface area (Å²) in [4.78, 5) is 23.8. The van der Waals surface area contributed by atoms with Crippen molar-refractivity contribution in [2.75, 3.05) is 5.32 Å². The number of carbonyl (C=O) groups is 1. The molecule has 0 bridgehead atoms. The van der Waals surface area contributed by atoms with Crippen LogP contribution in [0.25, 0.3) is 11.0 Å². The molecule has 0 fully saturated rings. The average Bonchev–Trinajstić information content (AvgIpc) is 2.48. The van der Waals surface area contributed by atoms with Crippen molar-refractivity contribution in [2.24, 2.45) is 0 Å². The Hall–Kier alpha value is -2.40. The van der Waals surface area contributed by atoms with E-state index in [0.717, 1.165) is 21.0 Å². The summed E-state index contributed by atoms with van der Waals surface area (Å²) in [6.07, 6.45) is 0. The van der Waals surface area contributed by atoms with Crippen molar-refractivity contribution in [1.29, 1.82) is 0 Å². The SMILES string of the molecule is Cc1cc2oc(=O)cc(C)c2cc1NC(=O)c1cccc(Br)c1. The van der Waals surface area contributed by atoms with E-state index in [9.17, 15) is 9.59 Å². The summed E-state index contributed by atoms with van der Waals surface area (Å²) >= 11 is 3.36. The summed E-state index contributed by atoms with van der Waals surface area (Å²) in [6, 6.07) is 12.2. The van der Waals surface area contributed by atoms with E-state index in [0.29, 0.717) is 16.8 Å². The Morgan fingerprint density at radius 2 is 1.87 bits per heavy atom. The molecule has 116 valence electrons. The highest BCUT2D eigenvalue weighted by Crippen LogP contribution is 2.25. The highest BCUT2D eigenvalue weighted by molar-refractivity contribution is 9.10. The number of benzene rings is 2. The van der Waals surface area contributed by atoms with E-state index in [-0.39, 0.29) is 11.5 Å². The monoisotopic (exact) mass is 371 g/mol. The van der Waals surface area contributed by atoms with E-state index in [2.05, 4.69) is 21.2 Å². The van der Waals surface area contributed by atoms with Crippen molar-refractivity contribution in [2.45, 2.75) is 13.8 Å². The molecule has 23 heavy (non-hydrogen) atoms. The Kier molecular flexibility index (Phi) is 4.05. The van der Waals surface area contributed by atoms with Gasteiger partial charge in [-0.15, -0.1) is 0 Å². The highest BCUT2D eigenvalue weighted by Gasteiger charge is 2.11. The van der Waals surface area contributed by atoms with Crippen LogP contribution in [-0.2, 0) is 0 Å². The molecule has 1 N–H and O–H groups in total. The molecule has 0 unspecified atom stereocenters. The largest absolute Gasteiger partial charge is 0.423 e. The smallest absolute Gasteiger partial charge is 0.336 e. The molecule has 0 atom stereocenters. The second-order valence-corrected chi connectivity index (χ2v) is 6.29. The normalized spacial score (nSPS) is 10.7. The van der Waals surface area contributed by atoms with E-state index in [1.54, 1.807) is 18.2 Å². The Morgan fingerprint density at radius 1 is 1.09 bits per heavy atom. The van der Waals surface area contributed by atoms with Crippen LogP contribution >= 0.6 is 15.9 Å². The lowest BCUT2D eigenvalue weighted by atomic mass is 10.1. The number of amides is 1. The molecule has 0 saturated heterocycles.